The fraction of sp³-hybridized carbons (Fsp3) is 0.714. The summed E-state index contributed by atoms with van der Waals surface area (Å²) in [5.74, 6) is 1.03. The monoisotopic (exact) mass is 431 g/mol. The van der Waals surface area contributed by atoms with Crippen molar-refractivity contribution in [1.82, 2.24) is 24.2 Å². The summed E-state index contributed by atoms with van der Waals surface area (Å²) in [5, 5.41) is 4.54. The van der Waals surface area contributed by atoms with Crippen LogP contribution in [0.3, 0.4) is 0 Å². The van der Waals surface area contributed by atoms with Crippen LogP contribution in [0.4, 0.5) is 0 Å². The van der Waals surface area contributed by atoms with Gasteiger partial charge in [-0.05, 0) is 32.1 Å². The minimum Gasteiger partial charge on any atom is -0.364 e. The molecule has 1 aliphatic carbocycles. The number of likely N-dealkylation sites (tertiary alicyclic amines) is 1. The molecule has 0 amide bonds. The summed E-state index contributed by atoms with van der Waals surface area (Å²) in [4.78, 5) is 33.6. The molecule has 30 heavy (non-hydrogen) atoms. The zero-order valence-electron chi connectivity index (χ0n) is 17.5. The van der Waals surface area contributed by atoms with E-state index in [0.29, 0.717) is 24.8 Å². The summed E-state index contributed by atoms with van der Waals surface area (Å²) < 4.78 is 9.26. The number of rotatable bonds is 4. The van der Waals surface area contributed by atoms with E-state index in [9.17, 15) is 9.59 Å². The number of nitrogens with zero attached hydrogens (tertiary/aromatic N) is 5. The van der Waals surface area contributed by atoms with Crippen LogP contribution in [0.5, 0.6) is 0 Å². The van der Waals surface area contributed by atoms with Crippen LogP contribution in [-0.4, -0.2) is 42.9 Å². The highest BCUT2D eigenvalue weighted by Crippen LogP contribution is 2.32. The zero-order valence-corrected chi connectivity index (χ0v) is 18.3. The average molecular weight is 432 g/mol. The van der Waals surface area contributed by atoms with Crippen molar-refractivity contribution >= 4 is 11.3 Å². The summed E-state index contributed by atoms with van der Waals surface area (Å²) in [6.07, 6.45) is 6.74. The molecule has 0 bridgehead atoms. The maximum Gasteiger partial charge on any atom is 0.332 e. The van der Waals surface area contributed by atoms with E-state index in [2.05, 4.69) is 15.0 Å². The highest BCUT2D eigenvalue weighted by atomic mass is 32.1. The first-order valence-electron chi connectivity index (χ1n) is 11.0. The predicted octanol–water partition coefficient (Wildman–Crippen LogP) is 1.93. The van der Waals surface area contributed by atoms with Crippen LogP contribution in [0.15, 0.2) is 15.1 Å². The minimum atomic E-state index is -0.489. The van der Waals surface area contributed by atoms with Gasteiger partial charge >= 0.3 is 11.1 Å². The fourth-order valence-electron chi connectivity index (χ4n) is 5.13. The maximum absolute atomic E-state index is 12.9. The van der Waals surface area contributed by atoms with Gasteiger partial charge in [0.1, 0.15) is 12.2 Å². The van der Waals surface area contributed by atoms with E-state index in [-0.39, 0.29) is 6.61 Å². The Kier molecular flexibility index (Phi) is 5.37. The lowest BCUT2D eigenvalue weighted by molar-refractivity contribution is -0.0860. The van der Waals surface area contributed by atoms with Crippen molar-refractivity contribution in [3.63, 3.8) is 0 Å². The van der Waals surface area contributed by atoms with Crippen molar-refractivity contribution in [1.29, 1.82) is 0 Å². The van der Waals surface area contributed by atoms with Gasteiger partial charge in [0.15, 0.2) is 5.82 Å². The van der Waals surface area contributed by atoms with Gasteiger partial charge in [-0.3, -0.25) is 19.1 Å². The van der Waals surface area contributed by atoms with E-state index in [4.69, 9.17) is 4.74 Å². The summed E-state index contributed by atoms with van der Waals surface area (Å²) >= 11 is 1.68. The molecular formula is C21H29N5O3S. The summed E-state index contributed by atoms with van der Waals surface area (Å²) in [5.41, 5.74) is 1.61. The number of thiazole rings is 1. The second kappa shape index (κ2) is 8.01. The number of aromatic nitrogens is 4. The summed E-state index contributed by atoms with van der Waals surface area (Å²) in [7, 11) is 0. The van der Waals surface area contributed by atoms with Crippen LogP contribution < -0.4 is 11.1 Å². The van der Waals surface area contributed by atoms with E-state index in [1.165, 1.54) is 28.8 Å². The minimum absolute atomic E-state index is 0.285. The standard InChI is InChI=1S/C21H29N5O3S/c1-15-17(30-14-22-15)10-24-8-7-21(12-24)13-25-18(11-29-21)23-26(20(28)19(25)27)9-16-5-3-2-4-6-16/h14,16H,2-13H2,1H3/t21-/m1/s1. The Balaban J connectivity index is 1.33. The molecule has 2 fully saturated rings. The molecule has 3 aliphatic rings. The molecule has 2 aromatic heterocycles. The lowest BCUT2D eigenvalue weighted by Gasteiger charge is -2.35. The second-order valence-corrected chi connectivity index (χ2v) is 10.0. The van der Waals surface area contributed by atoms with Crippen molar-refractivity contribution in [2.24, 2.45) is 5.92 Å². The predicted molar refractivity (Wildman–Crippen MR) is 114 cm³/mol. The largest absolute Gasteiger partial charge is 0.364 e. The lowest BCUT2D eigenvalue weighted by atomic mass is 9.89. The molecule has 0 unspecified atom stereocenters. The molecule has 1 saturated carbocycles. The Labute approximate surface area is 179 Å². The van der Waals surface area contributed by atoms with Crippen LogP contribution in [0.25, 0.3) is 0 Å². The summed E-state index contributed by atoms with van der Waals surface area (Å²) in [6, 6.07) is 0. The van der Waals surface area contributed by atoms with Crippen LogP contribution in [0.1, 0.15) is 54.9 Å². The van der Waals surface area contributed by atoms with E-state index in [1.54, 1.807) is 15.9 Å². The topological polar surface area (TPSA) is 82.3 Å². The molecule has 5 rings (SSSR count). The smallest absolute Gasteiger partial charge is 0.332 e. The third-order valence-electron chi connectivity index (χ3n) is 6.93. The van der Waals surface area contributed by atoms with Gasteiger partial charge in [0, 0.05) is 31.1 Å². The van der Waals surface area contributed by atoms with E-state index in [0.717, 1.165) is 44.6 Å². The number of fused-ring (bicyclic) bond motifs is 1. The fourth-order valence-corrected chi connectivity index (χ4v) is 5.95. The third kappa shape index (κ3) is 3.78. The van der Waals surface area contributed by atoms with Gasteiger partial charge in [0.2, 0.25) is 0 Å². The van der Waals surface area contributed by atoms with Crippen molar-refractivity contribution in [3.05, 3.63) is 42.6 Å². The first-order chi connectivity index (χ1) is 14.5. The number of aryl methyl sites for hydroxylation is 1. The van der Waals surface area contributed by atoms with Gasteiger partial charge in [0.05, 0.1) is 17.7 Å². The van der Waals surface area contributed by atoms with E-state index in [1.807, 2.05) is 12.4 Å². The highest BCUT2D eigenvalue weighted by Gasteiger charge is 2.43. The normalized spacial score (nSPS) is 25.1. The number of ether oxygens (including phenoxy) is 1. The molecule has 1 saturated heterocycles. The van der Waals surface area contributed by atoms with Crippen molar-refractivity contribution < 1.29 is 4.74 Å². The van der Waals surface area contributed by atoms with Gasteiger partial charge < -0.3 is 4.74 Å². The molecule has 2 aliphatic heterocycles. The Morgan fingerprint density at radius 2 is 2.03 bits per heavy atom. The Bertz CT molecular complexity index is 1040. The van der Waals surface area contributed by atoms with Crippen molar-refractivity contribution in [2.45, 2.75) is 77.3 Å². The maximum atomic E-state index is 12.9. The Morgan fingerprint density at radius 3 is 2.80 bits per heavy atom. The molecule has 8 nitrogen and oxygen atoms in total. The lowest BCUT2D eigenvalue weighted by Crippen LogP contribution is -2.53. The molecule has 1 atom stereocenters. The average Bonchev–Trinajstić information content (AvgIpc) is 3.34. The summed E-state index contributed by atoms with van der Waals surface area (Å²) in [6.45, 7) is 5.79. The molecule has 9 heteroatoms. The van der Waals surface area contributed by atoms with Gasteiger partial charge in [-0.15, -0.1) is 11.3 Å². The molecule has 4 heterocycles. The molecule has 0 radical (unpaired) electrons. The molecule has 0 N–H and O–H groups in total. The zero-order chi connectivity index (χ0) is 20.7. The quantitative estimate of drug-likeness (QED) is 0.688. The van der Waals surface area contributed by atoms with E-state index >= 15 is 0 Å². The van der Waals surface area contributed by atoms with Gasteiger partial charge in [-0.1, -0.05) is 19.3 Å². The molecule has 2 aromatic rings. The van der Waals surface area contributed by atoms with E-state index < -0.39 is 16.7 Å². The first-order valence-corrected chi connectivity index (χ1v) is 11.9. The van der Waals surface area contributed by atoms with Crippen LogP contribution in [0.2, 0.25) is 0 Å². The molecular weight excluding hydrogens is 402 g/mol. The molecule has 162 valence electrons. The van der Waals surface area contributed by atoms with Gasteiger partial charge in [0.25, 0.3) is 0 Å². The Morgan fingerprint density at radius 1 is 1.20 bits per heavy atom. The van der Waals surface area contributed by atoms with Crippen LogP contribution >= 0.6 is 11.3 Å². The highest BCUT2D eigenvalue weighted by molar-refractivity contribution is 7.09. The first kappa shape index (κ1) is 20.1. The Hall–Kier alpha value is -1.84. The second-order valence-electron chi connectivity index (χ2n) is 9.09. The van der Waals surface area contributed by atoms with Gasteiger partial charge in [-0.2, -0.15) is 5.10 Å². The molecule has 0 aromatic carbocycles. The van der Waals surface area contributed by atoms with Crippen LogP contribution in [-0.2, 0) is 31.0 Å². The SMILES string of the molecule is Cc1ncsc1CN1CC[C@@]2(C1)Cn1c(nn(CC3CCCCC3)c(=O)c1=O)CO2. The number of hydrogen-bond acceptors (Lipinski definition) is 7. The van der Waals surface area contributed by atoms with Gasteiger partial charge in [-0.25, -0.2) is 9.67 Å². The van der Waals surface area contributed by atoms with Crippen molar-refractivity contribution in [3.8, 4) is 0 Å². The third-order valence-corrected chi connectivity index (χ3v) is 7.85. The molecule has 1 spiro atoms. The van der Waals surface area contributed by atoms with Crippen LogP contribution in [0, 0.1) is 12.8 Å². The number of hydrogen-bond donors (Lipinski definition) is 0. The van der Waals surface area contributed by atoms with Crippen molar-refractivity contribution in [2.75, 3.05) is 13.1 Å².